The van der Waals surface area contributed by atoms with Crippen LogP contribution in [-0.4, -0.2) is 18.0 Å². The minimum atomic E-state index is 0.527. The fourth-order valence-corrected chi connectivity index (χ4v) is 7.70. The molecule has 4 saturated carbocycles. The highest BCUT2D eigenvalue weighted by Crippen LogP contribution is 2.80. The normalized spacial score (nSPS) is 50.8. The van der Waals surface area contributed by atoms with Crippen molar-refractivity contribution in [3.8, 4) is 0 Å². The van der Waals surface area contributed by atoms with Crippen LogP contribution in [0, 0.1) is 34.0 Å². The van der Waals surface area contributed by atoms with E-state index >= 15 is 0 Å². The summed E-state index contributed by atoms with van der Waals surface area (Å²) in [6.45, 7) is 12.1. The van der Waals surface area contributed by atoms with Crippen LogP contribution in [0.2, 0.25) is 0 Å². The molecular weight excluding hydrogens is 266 g/mol. The Labute approximate surface area is 136 Å². The Morgan fingerprint density at radius 2 is 1.86 bits per heavy atom. The summed E-state index contributed by atoms with van der Waals surface area (Å²) in [7, 11) is 0. The first-order valence-corrected chi connectivity index (χ1v) is 9.93. The second-order valence-electron chi connectivity index (χ2n) is 10.1. The predicted molar refractivity (Wildman–Crippen MR) is 91.4 cm³/mol. The molecule has 1 heterocycles. The molecule has 5 atom stereocenters. The molecule has 0 aromatic rings. The molecule has 0 aromatic carbocycles. The van der Waals surface area contributed by atoms with Crippen LogP contribution in [-0.2, 0) is 0 Å². The van der Waals surface area contributed by atoms with Crippen molar-refractivity contribution in [3.63, 3.8) is 0 Å². The summed E-state index contributed by atoms with van der Waals surface area (Å²) in [6, 6.07) is 0. The maximum Gasteiger partial charge on any atom is 0.0180 e. The summed E-state index contributed by atoms with van der Waals surface area (Å²) >= 11 is 0. The third-order valence-corrected chi connectivity index (χ3v) is 9.28. The number of rotatable bonds is 3. The van der Waals surface area contributed by atoms with E-state index in [0.29, 0.717) is 10.8 Å². The summed E-state index contributed by atoms with van der Waals surface area (Å²) in [5.41, 5.74) is 3.50. The van der Waals surface area contributed by atoms with Crippen molar-refractivity contribution < 1.29 is 0 Å². The van der Waals surface area contributed by atoms with Gasteiger partial charge in [0.25, 0.3) is 0 Å². The lowest BCUT2D eigenvalue weighted by molar-refractivity contribution is -0.00266. The first-order valence-electron chi connectivity index (χ1n) is 9.93. The van der Waals surface area contributed by atoms with Gasteiger partial charge in [0.15, 0.2) is 0 Å². The summed E-state index contributed by atoms with van der Waals surface area (Å²) in [4.78, 5) is 2.72. The third kappa shape index (κ3) is 1.56. The number of likely N-dealkylation sites (tertiary alicyclic amines) is 1. The molecule has 5 fully saturated rings. The standard InChI is InChI=1S/C21H33N/c1-4-19(3)5-7-22(8-6-19)15(2)20-11-16-9-17-10-18(13-20)21(17,12-16)14-20/h16-18H,2,4-14H2,1,3H3. The number of nitrogens with zero attached hydrogens (tertiary/aromatic N) is 1. The topological polar surface area (TPSA) is 3.24 Å². The first kappa shape index (κ1) is 13.9. The maximum absolute atomic E-state index is 4.72. The van der Waals surface area contributed by atoms with Crippen LogP contribution in [0.3, 0.4) is 0 Å². The molecule has 0 radical (unpaired) electrons. The lowest BCUT2D eigenvalue weighted by atomic mass is 9.55. The Morgan fingerprint density at radius 1 is 1.09 bits per heavy atom. The van der Waals surface area contributed by atoms with Crippen molar-refractivity contribution in [1.82, 2.24) is 4.90 Å². The van der Waals surface area contributed by atoms with Gasteiger partial charge in [-0.25, -0.2) is 0 Å². The molecule has 1 spiro atoms. The Bertz CT molecular complexity index is 510. The van der Waals surface area contributed by atoms with Gasteiger partial charge in [-0.2, -0.15) is 0 Å². The monoisotopic (exact) mass is 299 g/mol. The van der Waals surface area contributed by atoms with E-state index < -0.39 is 0 Å². The van der Waals surface area contributed by atoms with E-state index in [2.05, 4.69) is 18.7 Å². The van der Waals surface area contributed by atoms with Crippen LogP contribution in [0.1, 0.15) is 71.6 Å². The molecule has 5 rings (SSSR count). The SMILES string of the molecule is C=C(N1CCC(C)(CC)CC1)C12CC3CC4CC(C1)C4(C3)C2. The molecule has 122 valence electrons. The summed E-state index contributed by atoms with van der Waals surface area (Å²) < 4.78 is 0. The Hall–Kier alpha value is -0.460. The molecule has 1 heteroatoms. The van der Waals surface area contributed by atoms with Crippen LogP contribution in [0.5, 0.6) is 0 Å². The van der Waals surface area contributed by atoms with E-state index in [1.807, 2.05) is 0 Å². The van der Waals surface area contributed by atoms with Crippen molar-refractivity contribution in [3.05, 3.63) is 12.3 Å². The number of fused-ring (bicyclic) bond motifs is 2. The van der Waals surface area contributed by atoms with Crippen molar-refractivity contribution in [2.24, 2.45) is 34.0 Å². The van der Waals surface area contributed by atoms with Gasteiger partial charge in [0.2, 0.25) is 0 Å². The molecule has 3 bridgehead atoms. The van der Waals surface area contributed by atoms with E-state index in [-0.39, 0.29) is 0 Å². The zero-order chi connectivity index (χ0) is 15.2. The highest BCUT2D eigenvalue weighted by Gasteiger charge is 2.71. The minimum absolute atomic E-state index is 0.527. The lowest BCUT2D eigenvalue weighted by Gasteiger charge is -2.50. The van der Waals surface area contributed by atoms with E-state index in [0.717, 1.165) is 23.2 Å². The average Bonchev–Trinajstić information content (AvgIpc) is 2.83. The highest BCUT2D eigenvalue weighted by molar-refractivity contribution is 5.27. The van der Waals surface area contributed by atoms with E-state index in [4.69, 9.17) is 6.58 Å². The van der Waals surface area contributed by atoms with Gasteiger partial charge < -0.3 is 4.90 Å². The van der Waals surface area contributed by atoms with Crippen molar-refractivity contribution in [2.45, 2.75) is 71.6 Å². The zero-order valence-corrected chi connectivity index (χ0v) is 14.7. The number of allylic oxidation sites excluding steroid dienone is 1. The van der Waals surface area contributed by atoms with E-state index in [1.54, 1.807) is 25.0 Å². The van der Waals surface area contributed by atoms with Gasteiger partial charge in [-0.3, -0.25) is 0 Å². The Balaban J connectivity index is 1.36. The third-order valence-electron chi connectivity index (χ3n) is 9.28. The average molecular weight is 300 g/mol. The lowest BCUT2D eigenvalue weighted by Crippen LogP contribution is -2.44. The molecule has 0 amide bonds. The number of hydrogen-bond acceptors (Lipinski definition) is 1. The second-order valence-corrected chi connectivity index (χ2v) is 10.1. The van der Waals surface area contributed by atoms with Gasteiger partial charge >= 0.3 is 0 Å². The summed E-state index contributed by atoms with van der Waals surface area (Å²) in [5.74, 6) is 3.24. The largest absolute Gasteiger partial charge is 0.375 e. The van der Waals surface area contributed by atoms with Gasteiger partial charge in [-0.15, -0.1) is 0 Å². The van der Waals surface area contributed by atoms with Crippen molar-refractivity contribution >= 4 is 0 Å². The number of hydrogen-bond donors (Lipinski definition) is 0. The molecular formula is C21H33N. The molecule has 5 aliphatic rings. The molecule has 1 saturated heterocycles. The smallest absolute Gasteiger partial charge is 0.0180 e. The Kier molecular flexibility index (Phi) is 2.62. The maximum atomic E-state index is 4.72. The number of piperidine rings is 1. The van der Waals surface area contributed by atoms with Gasteiger partial charge in [-0.05, 0) is 80.0 Å². The van der Waals surface area contributed by atoms with Crippen molar-refractivity contribution in [1.29, 1.82) is 0 Å². The molecule has 4 aliphatic carbocycles. The van der Waals surface area contributed by atoms with Gasteiger partial charge in [0, 0.05) is 24.2 Å². The van der Waals surface area contributed by atoms with Crippen LogP contribution < -0.4 is 0 Å². The Morgan fingerprint density at radius 3 is 2.59 bits per heavy atom. The zero-order valence-electron chi connectivity index (χ0n) is 14.7. The van der Waals surface area contributed by atoms with Crippen LogP contribution in [0.25, 0.3) is 0 Å². The van der Waals surface area contributed by atoms with Gasteiger partial charge in [-0.1, -0.05) is 26.8 Å². The van der Waals surface area contributed by atoms with Crippen LogP contribution in [0.4, 0.5) is 0 Å². The minimum Gasteiger partial charge on any atom is -0.375 e. The molecule has 5 unspecified atom stereocenters. The quantitative estimate of drug-likeness (QED) is 0.690. The fourth-order valence-electron chi connectivity index (χ4n) is 7.70. The molecule has 1 aliphatic heterocycles. The second kappa shape index (κ2) is 4.14. The van der Waals surface area contributed by atoms with Gasteiger partial charge in [0.1, 0.15) is 0 Å². The fraction of sp³-hybridized carbons (Fsp3) is 0.905. The highest BCUT2D eigenvalue weighted by atomic mass is 15.2. The molecule has 1 nitrogen and oxygen atoms in total. The molecule has 0 aromatic heterocycles. The summed E-state index contributed by atoms with van der Waals surface area (Å²) in [5, 5.41) is 0. The van der Waals surface area contributed by atoms with Crippen LogP contribution in [0.15, 0.2) is 12.3 Å². The van der Waals surface area contributed by atoms with Crippen LogP contribution >= 0.6 is 0 Å². The molecule has 0 N–H and O–H groups in total. The van der Waals surface area contributed by atoms with Gasteiger partial charge in [0.05, 0.1) is 0 Å². The summed E-state index contributed by atoms with van der Waals surface area (Å²) in [6.07, 6.45) is 13.3. The van der Waals surface area contributed by atoms with Crippen molar-refractivity contribution in [2.75, 3.05) is 13.1 Å². The van der Waals surface area contributed by atoms with E-state index in [1.165, 1.54) is 51.6 Å². The molecule has 22 heavy (non-hydrogen) atoms. The van der Waals surface area contributed by atoms with E-state index in [9.17, 15) is 0 Å². The predicted octanol–water partition coefficient (Wildman–Crippen LogP) is 5.23. The first-order chi connectivity index (χ1) is 10.5.